The van der Waals surface area contributed by atoms with Gasteiger partial charge in [-0.2, -0.15) is 0 Å². The average Bonchev–Trinajstić information content (AvgIpc) is 3.44. The number of piperidine rings is 1. The van der Waals surface area contributed by atoms with E-state index in [0.29, 0.717) is 11.7 Å². The zero-order chi connectivity index (χ0) is 21.6. The molecule has 1 fully saturated rings. The Balaban J connectivity index is 1.42. The molecular weight excluding hydrogens is 417 g/mol. The highest BCUT2D eigenvalue weighted by Gasteiger charge is 2.22. The Morgan fingerprint density at radius 3 is 2.68 bits per heavy atom. The molecule has 1 amide bonds. The van der Waals surface area contributed by atoms with E-state index in [1.165, 1.54) is 30.3 Å². The van der Waals surface area contributed by atoms with Crippen molar-refractivity contribution in [2.24, 2.45) is 0 Å². The van der Waals surface area contributed by atoms with E-state index in [-0.39, 0.29) is 23.5 Å². The summed E-state index contributed by atoms with van der Waals surface area (Å²) in [6.07, 6.45) is 5.16. The molecule has 4 rings (SSSR count). The topological polar surface area (TPSA) is 76.2 Å². The molecule has 31 heavy (non-hydrogen) atoms. The van der Waals surface area contributed by atoms with Crippen LogP contribution in [0, 0.1) is 5.82 Å². The third-order valence-electron chi connectivity index (χ3n) is 5.31. The van der Waals surface area contributed by atoms with Crippen LogP contribution in [0.25, 0.3) is 0 Å². The zero-order valence-electron chi connectivity index (χ0n) is 17.5. The van der Waals surface area contributed by atoms with E-state index in [0.717, 1.165) is 43.2 Å². The van der Waals surface area contributed by atoms with Crippen LogP contribution < -0.4 is 10.2 Å². The van der Waals surface area contributed by atoms with Crippen LogP contribution in [0.5, 0.6) is 0 Å². The molecule has 1 aromatic carbocycles. The Morgan fingerprint density at radius 1 is 1.19 bits per heavy atom. The number of thioether (sulfide) groups is 1. The van der Waals surface area contributed by atoms with Crippen LogP contribution in [0.15, 0.2) is 52.2 Å². The number of carbonyl (C=O) groups is 1. The predicted molar refractivity (Wildman–Crippen MR) is 118 cm³/mol. The summed E-state index contributed by atoms with van der Waals surface area (Å²) in [5.41, 5.74) is 0.855. The summed E-state index contributed by atoms with van der Waals surface area (Å²) in [7, 11) is 0. The number of aromatic nitrogens is 3. The van der Waals surface area contributed by atoms with E-state index >= 15 is 0 Å². The van der Waals surface area contributed by atoms with Crippen LogP contribution in [0.1, 0.15) is 43.6 Å². The molecule has 1 unspecified atom stereocenters. The predicted octanol–water partition coefficient (Wildman–Crippen LogP) is 4.02. The Hall–Kier alpha value is -2.81. The van der Waals surface area contributed by atoms with Gasteiger partial charge < -0.3 is 14.6 Å². The smallest absolute Gasteiger partial charge is 0.230 e. The van der Waals surface area contributed by atoms with E-state index in [4.69, 9.17) is 4.42 Å². The standard InChI is InChI=1S/C22H26FN5O2S/c1-16(17-7-9-18(23)10-8-17)24-20(29)15-31-22-26-25-21(27-11-3-2-4-12-27)28(22)14-19-6-5-13-30-19/h5-10,13,16H,2-4,11-12,14-15H2,1H3,(H,24,29). The number of nitrogens with zero attached hydrogens (tertiary/aromatic N) is 4. The summed E-state index contributed by atoms with van der Waals surface area (Å²) in [4.78, 5) is 14.8. The fourth-order valence-corrected chi connectivity index (χ4v) is 4.40. The van der Waals surface area contributed by atoms with Crippen molar-refractivity contribution in [3.05, 3.63) is 59.8 Å². The molecule has 0 radical (unpaired) electrons. The molecule has 1 saturated heterocycles. The third-order valence-corrected chi connectivity index (χ3v) is 6.28. The van der Waals surface area contributed by atoms with Crippen molar-refractivity contribution in [1.29, 1.82) is 0 Å². The van der Waals surface area contributed by atoms with Crippen LogP contribution in [-0.2, 0) is 11.3 Å². The monoisotopic (exact) mass is 443 g/mol. The number of hydrogen-bond acceptors (Lipinski definition) is 6. The van der Waals surface area contributed by atoms with Crippen LogP contribution in [-0.4, -0.2) is 39.5 Å². The molecular formula is C22H26FN5O2S. The molecule has 0 saturated carbocycles. The molecule has 7 nitrogen and oxygen atoms in total. The molecule has 1 aliphatic heterocycles. The molecule has 164 valence electrons. The van der Waals surface area contributed by atoms with E-state index in [1.54, 1.807) is 18.4 Å². The second kappa shape index (κ2) is 10.00. The largest absolute Gasteiger partial charge is 0.467 e. The highest BCUT2D eigenvalue weighted by molar-refractivity contribution is 7.99. The first-order valence-corrected chi connectivity index (χ1v) is 11.5. The van der Waals surface area contributed by atoms with E-state index < -0.39 is 0 Å². The van der Waals surface area contributed by atoms with Gasteiger partial charge in [0.05, 0.1) is 24.6 Å². The zero-order valence-corrected chi connectivity index (χ0v) is 18.3. The van der Waals surface area contributed by atoms with Gasteiger partial charge in [-0.05, 0) is 56.0 Å². The first kappa shape index (κ1) is 21.4. The van der Waals surface area contributed by atoms with Gasteiger partial charge in [-0.25, -0.2) is 4.39 Å². The number of nitrogens with one attached hydrogen (secondary N) is 1. The summed E-state index contributed by atoms with van der Waals surface area (Å²) < 4.78 is 20.7. The second-order valence-corrected chi connectivity index (χ2v) is 8.57. The summed E-state index contributed by atoms with van der Waals surface area (Å²) in [5.74, 6) is 1.43. The number of furan rings is 1. The minimum absolute atomic E-state index is 0.117. The number of halogens is 1. The summed E-state index contributed by atoms with van der Waals surface area (Å²) in [6.45, 7) is 4.30. The fourth-order valence-electron chi connectivity index (χ4n) is 3.66. The fraction of sp³-hybridized carbons (Fsp3) is 0.409. The lowest BCUT2D eigenvalue weighted by Crippen LogP contribution is -2.32. The van der Waals surface area contributed by atoms with Crippen LogP contribution in [0.3, 0.4) is 0 Å². The van der Waals surface area contributed by atoms with E-state index in [2.05, 4.69) is 20.4 Å². The van der Waals surface area contributed by atoms with Gasteiger partial charge >= 0.3 is 0 Å². The van der Waals surface area contributed by atoms with Gasteiger partial charge in [-0.3, -0.25) is 9.36 Å². The van der Waals surface area contributed by atoms with Gasteiger partial charge in [0.25, 0.3) is 0 Å². The molecule has 3 heterocycles. The first-order chi connectivity index (χ1) is 15.1. The lowest BCUT2D eigenvalue weighted by Gasteiger charge is -2.27. The van der Waals surface area contributed by atoms with Crippen molar-refractivity contribution < 1.29 is 13.6 Å². The van der Waals surface area contributed by atoms with Crippen molar-refractivity contribution in [3.8, 4) is 0 Å². The Morgan fingerprint density at radius 2 is 1.97 bits per heavy atom. The summed E-state index contributed by atoms with van der Waals surface area (Å²) in [6, 6.07) is 9.72. The highest BCUT2D eigenvalue weighted by atomic mass is 32.2. The minimum Gasteiger partial charge on any atom is -0.467 e. The third kappa shape index (κ3) is 5.46. The van der Waals surface area contributed by atoms with Crippen molar-refractivity contribution in [3.63, 3.8) is 0 Å². The van der Waals surface area contributed by atoms with Gasteiger partial charge in [0.15, 0.2) is 5.16 Å². The van der Waals surface area contributed by atoms with Crippen molar-refractivity contribution >= 4 is 23.6 Å². The molecule has 0 spiro atoms. The van der Waals surface area contributed by atoms with Gasteiger partial charge in [-0.1, -0.05) is 23.9 Å². The van der Waals surface area contributed by atoms with Crippen LogP contribution in [0.2, 0.25) is 0 Å². The lowest BCUT2D eigenvalue weighted by molar-refractivity contribution is -0.119. The van der Waals surface area contributed by atoms with Crippen LogP contribution in [0.4, 0.5) is 10.3 Å². The Labute approximate surface area is 185 Å². The van der Waals surface area contributed by atoms with E-state index in [9.17, 15) is 9.18 Å². The minimum atomic E-state index is -0.293. The first-order valence-electron chi connectivity index (χ1n) is 10.5. The lowest BCUT2D eigenvalue weighted by atomic mass is 10.1. The van der Waals surface area contributed by atoms with E-state index in [1.807, 2.05) is 23.6 Å². The van der Waals surface area contributed by atoms with Crippen LogP contribution >= 0.6 is 11.8 Å². The van der Waals surface area contributed by atoms with Gasteiger partial charge in [0.1, 0.15) is 11.6 Å². The Bertz CT molecular complexity index is 984. The molecule has 9 heteroatoms. The molecule has 3 aromatic rings. The second-order valence-electron chi connectivity index (χ2n) is 7.63. The molecule has 1 atom stereocenters. The summed E-state index contributed by atoms with van der Waals surface area (Å²) >= 11 is 1.35. The number of carbonyl (C=O) groups excluding carboxylic acids is 1. The number of amides is 1. The van der Waals surface area contributed by atoms with Gasteiger partial charge in [0.2, 0.25) is 11.9 Å². The molecule has 2 aromatic heterocycles. The number of benzene rings is 1. The quantitative estimate of drug-likeness (QED) is 0.530. The maximum atomic E-state index is 13.1. The SMILES string of the molecule is CC(NC(=O)CSc1nnc(N2CCCCC2)n1Cc1ccco1)c1ccc(F)cc1. The number of hydrogen-bond donors (Lipinski definition) is 1. The number of rotatable bonds is 8. The van der Waals surface area contributed by atoms with Crippen molar-refractivity contribution in [2.45, 2.75) is 43.9 Å². The average molecular weight is 444 g/mol. The maximum Gasteiger partial charge on any atom is 0.230 e. The molecule has 0 bridgehead atoms. The molecule has 1 N–H and O–H groups in total. The number of anilines is 1. The normalized spacial score (nSPS) is 15.1. The maximum absolute atomic E-state index is 13.1. The Kier molecular flexibility index (Phi) is 6.91. The summed E-state index contributed by atoms with van der Waals surface area (Å²) in [5, 5.41) is 12.4. The van der Waals surface area contributed by atoms with Crippen molar-refractivity contribution in [1.82, 2.24) is 20.1 Å². The molecule has 1 aliphatic rings. The van der Waals surface area contributed by atoms with Gasteiger partial charge in [0, 0.05) is 13.1 Å². The highest BCUT2D eigenvalue weighted by Crippen LogP contribution is 2.26. The van der Waals surface area contributed by atoms with Gasteiger partial charge in [-0.15, -0.1) is 10.2 Å². The molecule has 0 aliphatic carbocycles. The van der Waals surface area contributed by atoms with Crippen molar-refractivity contribution in [2.75, 3.05) is 23.7 Å².